The number of carbonyl (C=O) groups is 1. The molecule has 1 amide bonds. The fraction of sp³-hybridized carbons (Fsp3) is 0.652. The Bertz CT molecular complexity index is 842. The molecule has 0 spiro atoms. The first-order chi connectivity index (χ1) is 14.3. The smallest absolute Gasteiger partial charge is 0.267 e. The van der Waals surface area contributed by atoms with Crippen LogP contribution in [-0.2, 0) is 0 Å². The Morgan fingerprint density at radius 1 is 0.966 bits per heavy atom. The van der Waals surface area contributed by atoms with E-state index in [4.69, 9.17) is 4.98 Å². The number of pyridine rings is 1. The van der Waals surface area contributed by atoms with Crippen LogP contribution in [0.25, 0.3) is 11.0 Å². The summed E-state index contributed by atoms with van der Waals surface area (Å²) in [6.45, 7) is 4.32. The topological polar surface area (TPSA) is 64.3 Å². The van der Waals surface area contributed by atoms with E-state index < -0.39 is 0 Å². The number of piperazine rings is 1. The molecule has 3 heterocycles. The highest BCUT2D eigenvalue weighted by atomic mass is 16.1. The van der Waals surface area contributed by atoms with Gasteiger partial charge in [-0.25, -0.2) is 4.98 Å². The number of H-pyrrole nitrogens is 1. The van der Waals surface area contributed by atoms with Gasteiger partial charge in [0, 0.05) is 43.6 Å². The van der Waals surface area contributed by atoms with Gasteiger partial charge in [-0.05, 0) is 43.9 Å². The van der Waals surface area contributed by atoms with Crippen LogP contribution < -0.4 is 10.2 Å². The summed E-state index contributed by atoms with van der Waals surface area (Å²) < 4.78 is 0. The summed E-state index contributed by atoms with van der Waals surface area (Å²) in [7, 11) is 0. The molecule has 1 aliphatic heterocycles. The SMILES string of the molecule is O=C(NC1CCCCC1)c1cc2ccc(N3CCN(C4CCCC4)CC3)nc2[nH]1. The molecule has 2 N–H and O–H groups in total. The first kappa shape index (κ1) is 18.9. The van der Waals surface area contributed by atoms with E-state index in [9.17, 15) is 4.79 Å². The molecule has 1 saturated heterocycles. The predicted molar refractivity (Wildman–Crippen MR) is 116 cm³/mol. The van der Waals surface area contributed by atoms with Gasteiger partial charge >= 0.3 is 0 Å². The van der Waals surface area contributed by atoms with Crippen molar-refractivity contribution in [2.75, 3.05) is 31.1 Å². The molecule has 2 saturated carbocycles. The van der Waals surface area contributed by atoms with E-state index in [-0.39, 0.29) is 5.91 Å². The highest BCUT2D eigenvalue weighted by molar-refractivity contribution is 5.97. The number of nitrogens with zero attached hydrogens (tertiary/aromatic N) is 3. The van der Waals surface area contributed by atoms with Crippen molar-refractivity contribution in [3.63, 3.8) is 0 Å². The molecule has 0 unspecified atom stereocenters. The van der Waals surface area contributed by atoms with E-state index in [0.29, 0.717) is 11.7 Å². The minimum Gasteiger partial charge on any atom is -0.354 e. The molecule has 0 aromatic carbocycles. The molecule has 29 heavy (non-hydrogen) atoms. The number of nitrogens with one attached hydrogen (secondary N) is 2. The molecule has 156 valence electrons. The standard InChI is InChI=1S/C23H33N5O/c29-23(24-18-6-2-1-3-7-18)20-16-17-10-11-21(26-22(17)25-20)28-14-12-27(13-15-28)19-8-4-5-9-19/h10-11,16,18-19H,1-9,12-15H2,(H,24,29)(H,25,26). The molecular weight excluding hydrogens is 362 g/mol. The van der Waals surface area contributed by atoms with Crippen LogP contribution in [0.5, 0.6) is 0 Å². The van der Waals surface area contributed by atoms with Crippen LogP contribution in [0.4, 0.5) is 5.82 Å². The highest BCUT2D eigenvalue weighted by Crippen LogP contribution is 2.26. The largest absolute Gasteiger partial charge is 0.354 e. The summed E-state index contributed by atoms with van der Waals surface area (Å²) in [6, 6.07) is 7.25. The third kappa shape index (κ3) is 4.13. The molecule has 3 fully saturated rings. The zero-order valence-corrected chi connectivity index (χ0v) is 17.3. The van der Waals surface area contributed by atoms with E-state index >= 15 is 0 Å². The normalized spacial score (nSPS) is 22.4. The Kier molecular flexibility index (Phi) is 5.44. The van der Waals surface area contributed by atoms with Crippen molar-refractivity contribution in [1.29, 1.82) is 0 Å². The lowest BCUT2D eigenvalue weighted by atomic mass is 9.95. The summed E-state index contributed by atoms with van der Waals surface area (Å²) in [5.41, 5.74) is 1.44. The van der Waals surface area contributed by atoms with Crippen molar-refractivity contribution in [2.45, 2.75) is 69.9 Å². The maximum absolute atomic E-state index is 12.6. The van der Waals surface area contributed by atoms with Crippen LogP contribution in [0, 0.1) is 0 Å². The molecule has 0 atom stereocenters. The van der Waals surface area contributed by atoms with Gasteiger partial charge in [-0.3, -0.25) is 9.69 Å². The van der Waals surface area contributed by atoms with E-state index in [0.717, 1.165) is 61.9 Å². The minimum absolute atomic E-state index is 0.00151. The van der Waals surface area contributed by atoms with Crippen molar-refractivity contribution in [1.82, 2.24) is 20.2 Å². The van der Waals surface area contributed by atoms with Gasteiger partial charge in [0.05, 0.1) is 0 Å². The summed E-state index contributed by atoms with van der Waals surface area (Å²) >= 11 is 0. The second kappa shape index (κ2) is 8.34. The molecule has 2 aromatic rings. The summed E-state index contributed by atoms with van der Waals surface area (Å²) in [5, 5.41) is 4.20. The highest BCUT2D eigenvalue weighted by Gasteiger charge is 2.26. The number of aromatic nitrogens is 2. The summed E-state index contributed by atoms with van der Waals surface area (Å²) in [4.78, 5) is 25.8. The average molecular weight is 396 g/mol. The van der Waals surface area contributed by atoms with Gasteiger partial charge in [0.15, 0.2) is 0 Å². The maximum atomic E-state index is 12.6. The Morgan fingerprint density at radius 3 is 2.45 bits per heavy atom. The number of fused-ring (bicyclic) bond motifs is 1. The molecule has 6 nitrogen and oxygen atoms in total. The molecule has 5 rings (SSSR count). The lowest BCUT2D eigenvalue weighted by Crippen LogP contribution is -2.49. The van der Waals surface area contributed by atoms with Crippen LogP contribution in [0.3, 0.4) is 0 Å². The summed E-state index contributed by atoms with van der Waals surface area (Å²) in [5.74, 6) is 1.02. The zero-order chi connectivity index (χ0) is 19.6. The van der Waals surface area contributed by atoms with Crippen LogP contribution >= 0.6 is 0 Å². The molecule has 2 aromatic heterocycles. The molecule has 2 aliphatic carbocycles. The van der Waals surface area contributed by atoms with Crippen LogP contribution in [0.15, 0.2) is 18.2 Å². The predicted octanol–water partition coefficient (Wildman–Crippen LogP) is 3.69. The lowest BCUT2D eigenvalue weighted by Gasteiger charge is -2.38. The second-order valence-electron chi connectivity index (χ2n) is 9.06. The lowest BCUT2D eigenvalue weighted by molar-refractivity contribution is 0.0923. The van der Waals surface area contributed by atoms with Gasteiger partial charge in [0.2, 0.25) is 0 Å². The quantitative estimate of drug-likeness (QED) is 0.829. The van der Waals surface area contributed by atoms with Gasteiger partial charge < -0.3 is 15.2 Å². The van der Waals surface area contributed by atoms with Crippen LogP contribution in [-0.4, -0.2) is 59.0 Å². The summed E-state index contributed by atoms with van der Waals surface area (Å²) in [6.07, 6.45) is 11.5. The zero-order valence-electron chi connectivity index (χ0n) is 17.3. The molecule has 6 heteroatoms. The fourth-order valence-corrected chi connectivity index (χ4v) is 5.39. The van der Waals surface area contributed by atoms with Gasteiger partial charge in [0.25, 0.3) is 5.91 Å². The number of amides is 1. The number of carbonyl (C=O) groups excluding carboxylic acids is 1. The van der Waals surface area contributed by atoms with Gasteiger partial charge in [-0.15, -0.1) is 0 Å². The van der Waals surface area contributed by atoms with Crippen LogP contribution in [0.2, 0.25) is 0 Å². The monoisotopic (exact) mass is 395 g/mol. The number of anilines is 1. The fourth-order valence-electron chi connectivity index (χ4n) is 5.39. The molecule has 0 bridgehead atoms. The van der Waals surface area contributed by atoms with Crippen molar-refractivity contribution in [3.05, 3.63) is 23.9 Å². The first-order valence-electron chi connectivity index (χ1n) is 11.6. The van der Waals surface area contributed by atoms with Gasteiger partial charge in [0.1, 0.15) is 17.2 Å². The van der Waals surface area contributed by atoms with E-state index in [1.165, 1.54) is 44.9 Å². The van der Waals surface area contributed by atoms with E-state index in [1.807, 2.05) is 6.07 Å². The Balaban J connectivity index is 1.24. The number of rotatable bonds is 4. The third-order valence-corrected chi connectivity index (χ3v) is 7.13. The number of hydrogen-bond acceptors (Lipinski definition) is 4. The number of aromatic amines is 1. The van der Waals surface area contributed by atoms with Crippen LogP contribution in [0.1, 0.15) is 68.3 Å². The van der Waals surface area contributed by atoms with Gasteiger partial charge in [-0.2, -0.15) is 0 Å². The Hall–Kier alpha value is -2.08. The Morgan fingerprint density at radius 2 is 1.69 bits per heavy atom. The van der Waals surface area contributed by atoms with Gasteiger partial charge in [-0.1, -0.05) is 32.1 Å². The maximum Gasteiger partial charge on any atom is 0.267 e. The first-order valence-corrected chi connectivity index (χ1v) is 11.6. The minimum atomic E-state index is 0.00151. The van der Waals surface area contributed by atoms with Crippen molar-refractivity contribution < 1.29 is 4.79 Å². The Labute approximate surface area is 173 Å². The average Bonchev–Trinajstić information content (AvgIpc) is 3.44. The third-order valence-electron chi connectivity index (χ3n) is 7.13. The van der Waals surface area contributed by atoms with Crippen molar-refractivity contribution in [2.24, 2.45) is 0 Å². The second-order valence-corrected chi connectivity index (χ2v) is 9.06. The van der Waals surface area contributed by atoms with Crippen molar-refractivity contribution in [3.8, 4) is 0 Å². The number of hydrogen-bond donors (Lipinski definition) is 2. The van der Waals surface area contributed by atoms with E-state index in [1.54, 1.807) is 0 Å². The van der Waals surface area contributed by atoms with E-state index in [2.05, 4.69) is 32.2 Å². The van der Waals surface area contributed by atoms with Crippen molar-refractivity contribution >= 4 is 22.8 Å². The molecule has 3 aliphatic rings. The molecular formula is C23H33N5O. The molecule has 0 radical (unpaired) electrons.